The van der Waals surface area contributed by atoms with E-state index in [1.807, 2.05) is 0 Å². The van der Waals surface area contributed by atoms with Gasteiger partial charge in [-0.3, -0.25) is 4.79 Å². The zero-order chi connectivity index (χ0) is 14.9. The summed E-state index contributed by atoms with van der Waals surface area (Å²) < 4.78 is 25.8. The lowest BCUT2D eigenvalue weighted by Crippen LogP contribution is -2.52. The maximum absolute atomic E-state index is 11.6. The second-order valence-electron chi connectivity index (χ2n) is 4.77. The molecule has 2 rings (SSSR count). The van der Waals surface area contributed by atoms with Gasteiger partial charge in [-0.25, -0.2) is 17.4 Å². The zero-order valence-electron chi connectivity index (χ0n) is 11.3. The largest absolute Gasteiger partial charge is 0.382 e. The molecule has 0 aromatic carbocycles. The van der Waals surface area contributed by atoms with Crippen LogP contribution in [-0.4, -0.2) is 47.9 Å². The molecule has 1 aromatic rings. The summed E-state index contributed by atoms with van der Waals surface area (Å²) in [7, 11) is -1.56. The van der Waals surface area contributed by atoms with E-state index in [-0.39, 0.29) is 22.3 Å². The second-order valence-corrected chi connectivity index (χ2v) is 7.40. The summed E-state index contributed by atoms with van der Waals surface area (Å²) in [4.78, 5) is 11.6. The highest BCUT2D eigenvalue weighted by molar-refractivity contribution is 7.89. The van der Waals surface area contributed by atoms with Gasteiger partial charge in [-0.2, -0.15) is 5.10 Å². The molecule has 0 bridgehead atoms. The molecule has 0 amide bonds. The molecule has 1 aliphatic rings. The first-order chi connectivity index (χ1) is 9.35. The average molecular weight is 321 g/mol. The van der Waals surface area contributed by atoms with Gasteiger partial charge >= 0.3 is 0 Å². The van der Waals surface area contributed by atoms with Crippen LogP contribution in [0.25, 0.3) is 0 Å². The van der Waals surface area contributed by atoms with Gasteiger partial charge in [-0.05, 0) is 6.92 Å². The number of anilines is 1. The third-order valence-electron chi connectivity index (χ3n) is 3.34. The highest BCUT2D eigenvalue weighted by Crippen LogP contribution is 2.22. The summed E-state index contributed by atoms with van der Waals surface area (Å²) >= 11 is 5.92. The van der Waals surface area contributed by atoms with Crippen LogP contribution in [0, 0.1) is 5.92 Å². The fourth-order valence-electron chi connectivity index (χ4n) is 1.95. The standard InChI is InChI=1S/C11H17ClN4O3S/c1-3-20(18,19)16-6-8(7-16)4-13-9-5-14-15(2)11(17)10(9)12/h5,8,13H,3-4,6-7H2,1-2H3. The van der Waals surface area contributed by atoms with Crippen LogP contribution in [0.1, 0.15) is 6.92 Å². The highest BCUT2D eigenvalue weighted by atomic mass is 35.5. The van der Waals surface area contributed by atoms with Crippen LogP contribution in [0.15, 0.2) is 11.0 Å². The maximum Gasteiger partial charge on any atom is 0.287 e. The second kappa shape index (κ2) is 5.71. The Labute approximate surface area is 122 Å². The van der Waals surface area contributed by atoms with Crippen molar-refractivity contribution in [2.45, 2.75) is 6.92 Å². The van der Waals surface area contributed by atoms with Gasteiger partial charge < -0.3 is 5.32 Å². The lowest BCUT2D eigenvalue weighted by atomic mass is 10.0. The van der Waals surface area contributed by atoms with Gasteiger partial charge in [0, 0.05) is 32.6 Å². The topological polar surface area (TPSA) is 84.3 Å². The van der Waals surface area contributed by atoms with Crippen LogP contribution >= 0.6 is 11.6 Å². The number of hydrogen-bond acceptors (Lipinski definition) is 5. The molecule has 1 fully saturated rings. The van der Waals surface area contributed by atoms with Crippen LogP contribution < -0.4 is 10.9 Å². The molecule has 0 spiro atoms. The van der Waals surface area contributed by atoms with Gasteiger partial charge in [0.25, 0.3) is 5.56 Å². The quantitative estimate of drug-likeness (QED) is 0.833. The van der Waals surface area contributed by atoms with Gasteiger partial charge in [0.2, 0.25) is 10.0 Å². The molecule has 0 radical (unpaired) electrons. The van der Waals surface area contributed by atoms with E-state index in [1.165, 1.54) is 17.5 Å². The van der Waals surface area contributed by atoms with Crippen LogP contribution in [0.3, 0.4) is 0 Å². The zero-order valence-corrected chi connectivity index (χ0v) is 12.9. The normalized spacial score (nSPS) is 16.9. The Morgan fingerprint density at radius 2 is 2.15 bits per heavy atom. The summed E-state index contributed by atoms with van der Waals surface area (Å²) in [5, 5.41) is 7.02. The lowest BCUT2D eigenvalue weighted by molar-refractivity contribution is 0.212. The highest BCUT2D eigenvalue weighted by Gasteiger charge is 2.34. The minimum atomic E-state index is -3.08. The van der Waals surface area contributed by atoms with Crippen molar-refractivity contribution in [1.82, 2.24) is 14.1 Å². The van der Waals surface area contributed by atoms with Gasteiger partial charge in [-0.15, -0.1) is 0 Å². The van der Waals surface area contributed by atoms with Crippen molar-refractivity contribution in [2.24, 2.45) is 13.0 Å². The van der Waals surface area contributed by atoms with Crippen molar-refractivity contribution >= 4 is 27.3 Å². The predicted octanol–water partition coefficient (Wildman–Crippen LogP) is 0.127. The maximum atomic E-state index is 11.6. The van der Waals surface area contributed by atoms with Gasteiger partial charge in [0.1, 0.15) is 5.02 Å². The number of hydrogen-bond donors (Lipinski definition) is 1. The van der Waals surface area contributed by atoms with Gasteiger partial charge in [0.05, 0.1) is 17.6 Å². The molecule has 1 aliphatic heterocycles. The van der Waals surface area contributed by atoms with E-state index in [9.17, 15) is 13.2 Å². The van der Waals surface area contributed by atoms with E-state index < -0.39 is 10.0 Å². The average Bonchev–Trinajstić information content (AvgIpc) is 2.36. The molecule has 9 heteroatoms. The van der Waals surface area contributed by atoms with E-state index in [4.69, 9.17) is 11.6 Å². The molecule has 1 aromatic heterocycles. The lowest BCUT2D eigenvalue weighted by Gasteiger charge is -2.38. The fraction of sp³-hybridized carbons (Fsp3) is 0.636. The third kappa shape index (κ3) is 2.97. The van der Waals surface area contributed by atoms with Crippen molar-refractivity contribution in [1.29, 1.82) is 0 Å². The van der Waals surface area contributed by atoms with Crippen molar-refractivity contribution < 1.29 is 8.42 Å². The number of nitrogens with one attached hydrogen (secondary N) is 1. The van der Waals surface area contributed by atoms with E-state index in [0.29, 0.717) is 25.3 Å². The summed E-state index contributed by atoms with van der Waals surface area (Å²) in [5.74, 6) is 0.342. The van der Waals surface area contributed by atoms with Crippen molar-refractivity contribution in [3.8, 4) is 0 Å². The van der Waals surface area contributed by atoms with Crippen LogP contribution in [0.4, 0.5) is 5.69 Å². The number of aryl methyl sites for hydroxylation is 1. The van der Waals surface area contributed by atoms with Crippen LogP contribution in [0.2, 0.25) is 5.02 Å². The predicted molar refractivity (Wildman–Crippen MR) is 77.5 cm³/mol. The Morgan fingerprint density at radius 3 is 2.75 bits per heavy atom. The van der Waals surface area contributed by atoms with Crippen molar-refractivity contribution in [3.63, 3.8) is 0 Å². The fourth-order valence-corrected chi connectivity index (χ4v) is 3.43. The number of sulfonamides is 1. The molecule has 0 atom stereocenters. The van der Waals surface area contributed by atoms with Crippen LogP contribution in [0.5, 0.6) is 0 Å². The smallest absolute Gasteiger partial charge is 0.287 e. The van der Waals surface area contributed by atoms with Gasteiger partial charge in [0.15, 0.2) is 0 Å². The molecule has 112 valence electrons. The summed E-state index contributed by atoms with van der Waals surface area (Å²) in [6, 6.07) is 0. The summed E-state index contributed by atoms with van der Waals surface area (Å²) in [6.45, 7) is 3.19. The molecule has 2 heterocycles. The first-order valence-electron chi connectivity index (χ1n) is 6.28. The molecule has 0 saturated carbocycles. The Hall–Kier alpha value is -1.12. The number of nitrogens with zero attached hydrogens (tertiary/aromatic N) is 3. The molecule has 7 nitrogen and oxygen atoms in total. The van der Waals surface area contributed by atoms with Crippen molar-refractivity contribution in [3.05, 3.63) is 21.6 Å². The Bertz CT molecular complexity index is 652. The van der Waals surface area contributed by atoms with E-state index in [1.54, 1.807) is 6.92 Å². The molecule has 1 saturated heterocycles. The molecule has 1 N–H and O–H groups in total. The first kappa shape index (κ1) is 15.3. The summed E-state index contributed by atoms with van der Waals surface area (Å²) in [6.07, 6.45) is 1.49. The monoisotopic (exact) mass is 320 g/mol. The first-order valence-corrected chi connectivity index (χ1v) is 8.27. The van der Waals surface area contributed by atoms with Crippen molar-refractivity contribution in [2.75, 3.05) is 30.7 Å². The number of rotatable bonds is 5. The van der Waals surface area contributed by atoms with E-state index in [2.05, 4.69) is 10.4 Å². The van der Waals surface area contributed by atoms with E-state index in [0.717, 1.165) is 4.68 Å². The summed E-state index contributed by atoms with van der Waals surface area (Å²) in [5.41, 5.74) is 0.118. The van der Waals surface area contributed by atoms with Crippen LogP contribution in [-0.2, 0) is 17.1 Å². The number of halogens is 1. The molecule has 20 heavy (non-hydrogen) atoms. The molecular formula is C11H17ClN4O3S. The van der Waals surface area contributed by atoms with E-state index >= 15 is 0 Å². The Morgan fingerprint density at radius 1 is 1.50 bits per heavy atom. The SMILES string of the molecule is CCS(=O)(=O)N1CC(CNc2cnn(C)c(=O)c2Cl)C1. The number of aromatic nitrogens is 2. The minimum absolute atomic E-state index is 0.0971. The minimum Gasteiger partial charge on any atom is -0.382 e. The Kier molecular flexibility index (Phi) is 4.36. The third-order valence-corrected chi connectivity index (χ3v) is 5.52. The molecule has 0 unspecified atom stereocenters. The molecule has 0 aliphatic carbocycles. The molecular weight excluding hydrogens is 304 g/mol. The Balaban J connectivity index is 1.90. The van der Waals surface area contributed by atoms with Gasteiger partial charge in [-0.1, -0.05) is 11.6 Å².